The fourth-order valence-corrected chi connectivity index (χ4v) is 3.81. The van der Waals surface area contributed by atoms with Crippen LogP contribution in [0.2, 0.25) is 0 Å². The Bertz CT molecular complexity index is 1030. The number of imidazole rings is 1. The normalized spacial score (nSPS) is 15.5. The lowest BCUT2D eigenvalue weighted by Gasteiger charge is -2.17. The Morgan fingerprint density at radius 3 is 2.61 bits per heavy atom. The second-order valence-corrected chi connectivity index (χ2v) is 7.60. The molecule has 0 aliphatic carbocycles. The summed E-state index contributed by atoms with van der Waals surface area (Å²) in [6.45, 7) is 2.84. The summed E-state index contributed by atoms with van der Waals surface area (Å²) < 4.78 is 2.07. The van der Waals surface area contributed by atoms with E-state index in [1.54, 1.807) is 6.33 Å². The Hall–Kier alpha value is -3.14. The van der Waals surface area contributed by atoms with Crippen LogP contribution in [0.1, 0.15) is 28.8 Å². The summed E-state index contributed by atoms with van der Waals surface area (Å²) in [6.07, 6.45) is 5.36. The van der Waals surface area contributed by atoms with Gasteiger partial charge in [-0.15, -0.1) is 12.4 Å². The first-order valence-corrected chi connectivity index (χ1v) is 10.3. The van der Waals surface area contributed by atoms with Gasteiger partial charge < -0.3 is 14.8 Å². The number of benzene rings is 2. The van der Waals surface area contributed by atoms with Gasteiger partial charge in [-0.05, 0) is 36.1 Å². The van der Waals surface area contributed by atoms with Crippen LogP contribution in [0.25, 0.3) is 0 Å². The van der Waals surface area contributed by atoms with Crippen molar-refractivity contribution in [1.82, 2.24) is 19.8 Å². The molecule has 1 aliphatic rings. The minimum Gasteiger partial charge on any atom is -0.341 e. The van der Waals surface area contributed by atoms with Gasteiger partial charge in [0, 0.05) is 32.4 Å². The van der Waals surface area contributed by atoms with Crippen LogP contribution < -0.4 is 5.32 Å². The maximum Gasteiger partial charge on any atom is 0.239 e. The minimum absolute atomic E-state index is 0. The molecule has 1 amide bonds. The molecule has 0 saturated carbocycles. The molecular weight excluding hydrogens is 410 g/mol. The Balaban J connectivity index is 0.00000272. The van der Waals surface area contributed by atoms with Crippen molar-refractivity contribution in [3.63, 3.8) is 0 Å². The van der Waals surface area contributed by atoms with Gasteiger partial charge >= 0.3 is 0 Å². The monoisotopic (exact) mass is 435 g/mol. The summed E-state index contributed by atoms with van der Waals surface area (Å²) in [5.41, 5.74) is 4.06. The van der Waals surface area contributed by atoms with Crippen LogP contribution in [0.4, 0.5) is 0 Å². The molecule has 1 N–H and O–H groups in total. The van der Waals surface area contributed by atoms with Crippen LogP contribution in [-0.2, 0) is 24.3 Å². The predicted molar refractivity (Wildman–Crippen MR) is 122 cm³/mol. The highest BCUT2D eigenvalue weighted by Gasteiger charge is 2.30. The highest BCUT2D eigenvalue weighted by Crippen LogP contribution is 2.14. The third kappa shape index (κ3) is 5.72. The van der Waals surface area contributed by atoms with Gasteiger partial charge in [0.25, 0.3) is 0 Å². The third-order valence-electron chi connectivity index (χ3n) is 5.57. The fraction of sp³-hybridized carbons (Fsp3) is 0.292. The zero-order valence-corrected chi connectivity index (χ0v) is 18.1. The van der Waals surface area contributed by atoms with E-state index < -0.39 is 0 Å². The molecule has 0 radical (unpaired) electrons. The van der Waals surface area contributed by atoms with E-state index in [0.29, 0.717) is 18.7 Å². The van der Waals surface area contributed by atoms with Crippen LogP contribution in [-0.4, -0.2) is 39.5 Å². The number of carbonyl (C=O) groups is 1. The molecule has 6 nitrogen and oxygen atoms in total. The molecule has 1 aliphatic heterocycles. The molecule has 4 rings (SSSR count). The Morgan fingerprint density at radius 1 is 1.10 bits per heavy atom. The standard InChI is InChI=1S/C24H25N5O.ClH/c25-14-20-6-8-21(9-7-20)17-29-18-26-15-22(29)16-27-23-11-13-28(24(23)30)12-10-19-4-2-1-3-5-19;/h1-9,15,18,23,27H,10-13,16-17H2;1H/t23-;/m1./s1. The average molecular weight is 436 g/mol. The minimum atomic E-state index is -0.140. The lowest BCUT2D eigenvalue weighted by Crippen LogP contribution is -2.38. The second kappa shape index (κ2) is 10.8. The van der Waals surface area contributed by atoms with Crippen molar-refractivity contribution in [3.8, 4) is 6.07 Å². The van der Waals surface area contributed by atoms with E-state index in [1.165, 1.54) is 5.56 Å². The molecule has 1 atom stereocenters. The van der Waals surface area contributed by atoms with Crippen molar-refractivity contribution in [2.45, 2.75) is 32.0 Å². The van der Waals surface area contributed by atoms with Crippen LogP contribution >= 0.6 is 12.4 Å². The summed E-state index contributed by atoms with van der Waals surface area (Å²) in [5, 5.41) is 12.3. The Labute approximate surface area is 188 Å². The van der Waals surface area contributed by atoms with Gasteiger partial charge in [0.2, 0.25) is 5.91 Å². The van der Waals surface area contributed by atoms with Crippen molar-refractivity contribution in [2.75, 3.05) is 13.1 Å². The number of aromatic nitrogens is 2. The number of nitriles is 1. The first-order chi connectivity index (χ1) is 14.7. The third-order valence-corrected chi connectivity index (χ3v) is 5.57. The predicted octanol–water partition coefficient (Wildman–Crippen LogP) is 3.16. The summed E-state index contributed by atoms with van der Waals surface area (Å²) in [6, 6.07) is 19.8. The summed E-state index contributed by atoms with van der Waals surface area (Å²) in [7, 11) is 0. The number of likely N-dealkylation sites (tertiary alicyclic amines) is 1. The van der Waals surface area contributed by atoms with E-state index in [1.807, 2.05) is 53.6 Å². The number of carbonyl (C=O) groups excluding carboxylic acids is 1. The van der Waals surface area contributed by atoms with Crippen LogP contribution in [0, 0.1) is 11.3 Å². The van der Waals surface area contributed by atoms with Gasteiger partial charge in [0.15, 0.2) is 0 Å². The number of hydrogen-bond acceptors (Lipinski definition) is 4. The number of hydrogen-bond donors (Lipinski definition) is 1. The van der Waals surface area contributed by atoms with Gasteiger partial charge in [0.1, 0.15) is 0 Å². The SMILES string of the molecule is Cl.N#Cc1ccc(Cn2cncc2CN[C@@H]2CCN(CCc3ccccc3)C2=O)cc1. The van der Waals surface area contributed by atoms with E-state index >= 15 is 0 Å². The quantitative estimate of drug-likeness (QED) is 0.589. The topological polar surface area (TPSA) is 74.0 Å². The van der Waals surface area contributed by atoms with Gasteiger partial charge in [-0.25, -0.2) is 4.98 Å². The molecule has 31 heavy (non-hydrogen) atoms. The van der Waals surface area contributed by atoms with Crippen molar-refractivity contribution < 1.29 is 4.79 Å². The lowest BCUT2D eigenvalue weighted by atomic mass is 10.1. The Kier molecular flexibility index (Phi) is 7.82. The van der Waals surface area contributed by atoms with Crippen LogP contribution in [0.3, 0.4) is 0 Å². The molecule has 2 aromatic carbocycles. The van der Waals surface area contributed by atoms with E-state index in [9.17, 15) is 4.79 Å². The molecular formula is C24H26ClN5O. The van der Waals surface area contributed by atoms with Gasteiger partial charge in [-0.1, -0.05) is 42.5 Å². The maximum absolute atomic E-state index is 12.7. The number of halogens is 1. The van der Waals surface area contributed by atoms with Gasteiger partial charge in [-0.2, -0.15) is 5.26 Å². The highest BCUT2D eigenvalue weighted by atomic mass is 35.5. The molecule has 160 valence electrons. The molecule has 0 bridgehead atoms. The molecule has 7 heteroatoms. The smallest absolute Gasteiger partial charge is 0.239 e. The number of nitrogens with zero attached hydrogens (tertiary/aromatic N) is 4. The number of rotatable bonds is 8. The van der Waals surface area contributed by atoms with Gasteiger partial charge in [-0.3, -0.25) is 4.79 Å². The van der Waals surface area contributed by atoms with Crippen LogP contribution in [0.15, 0.2) is 67.1 Å². The van der Waals surface area contributed by atoms with Gasteiger partial charge in [0.05, 0.1) is 29.7 Å². The zero-order chi connectivity index (χ0) is 20.8. The highest BCUT2D eigenvalue weighted by molar-refractivity contribution is 5.85. The summed E-state index contributed by atoms with van der Waals surface area (Å²) >= 11 is 0. The van der Waals surface area contributed by atoms with Crippen molar-refractivity contribution in [3.05, 3.63) is 89.5 Å². The van der Waals surface area contributed by atoms with Crippen molar-refractivity contribution in [2.24, 2.45) is 0 Å². The van der Waals surface area contributed by atoms with Crippen molar-refractivity contribution in [1.29, 1.82) is 5.26 Å². The molecule has 1 saturated heterocycles. The van der Waals surface area contributed by atoms with Crippen molar-refractivity contribution >= 4 is 18.3 Å². The summed E-state index contributed by atoms with van der Waals surface area (Å²) in [4.78, 5) is 19.0. The largest absolute Gasteiger partial charge is 0.341 e. The summed E-state index contributed by atoms with van der Waals surface area (Å²) in [5.74, 6) is 0.184. The number of nitrogens with one attached hydrogen (secondary N) is 1. The maximum atomic E-state index is 12.7. The molecule has 0 spiro atoms. The molecule has 3 aromatic rings. The van der Waals surface area contributed by atoms with Crippen LogP contribution in [0.5, 0.6) is 0 Å². The van der Waals surface area contributed by atoms with E-state index in [4.69, 9.17) is 5.26 Å². The fourth-order valence-electron chi connectivity index (χ4n) is 3.81. The first-order valence-electron chi connectivity index (χ1n) is 10.3. The second-order valence-electron chi connectivity index (χ2n) is 7.60. The van der Waals surface area contributed by atoms with E-state index in [-0.39, 0.29) is 24.4 Å². The zero-order valence-electron chi connectivity index (χ0n) is 17.3. The molecule has 0 unspecified atom stereocenters. The average Bonchev–Trinajstić information content (AvgIpc) is 3.38. The molecule has 1 aromatic heterocycles. The number of amides is 1. The lowest BCUT2D eigenvalue weighted by molar-refractivity contribution is -0.129. The first kappa shape index (κ1) is 22.5. The Morgan fingerprint density at radius 2 is 1.87 bits per heavy atom. The molecule has 1 fully saturated rings. The van der Waals surface area contributed by atoms with E-state index in [2.05, 4.69) is 33.1 Å². The molecule has 2 heterocycles. The van der Waals surface area contributed by atoms with E-state index in [0.717, 1.165) is 37.2 Å².